The van der Waals surface area contributed by atoms with Gasteiger partial charge in [0.05, 0.1) is 0 Å². The van der Waals surface area contributed by atoms with E-state index in [0.717, 1.165) is 6.08 Å². The summed E-state index contributed by atoms with van der Waals surface area (Å²) in [5, 5.41) is 0. The molecule has 1 nitrogen and oxygen atoms in total. The van der Waals surface area contributed by atoms with Gasteiger partial charge in [0.25, 0.3) is 0 Å². The van der Waals surface area contributed by atoms with Gasteiger partial charge in [-0.3, -0.25) is 4.79 Å². The van der Waals surface area contributed by atoms with Crippen molar-refractivity contribution in [3.8, 4) is 0 Å². The third-order valence-corrected chi connectivity index (χ3v) is 2.63. The average molecular weight is 255 g/mol. The zero-order valence-electron chi connectivity index (χ0n) is 6.44. The normalized spacial score (nSPS) is 20.0. The Morgan fingerprint density at radius 1 is 1.38 bits per heavy atom. The topological polar surface area (TPSA) is 17.1 Å². The molecule has 1 atom stereocenters. The molecule has 0 aliphatic heterocycles. The molecule has 1 aliphatic carbocycles. The number of hydrogen-bond donors (Lipinski definition) is 0. The lowest BCUT2D eigenvalue weighted by atomic mass is 10.0. The molecule has 0 bridgehead atoms. The summed E-state index contributed by atoms with van der Waals surface area (Å²) in [7, 11) is 0. The van der Waals surface area contributed by atoms with E-state index in [1.54, 1.807) is 0 Å². The van der Waals surface area contributed by atoms with Crippen LogP contribution >= 0.6 is 15.9 Å². The van der Waals surface area contributed by atoms with Crippen LogP contribution in [0.3, 0.4) is 0 Å². The van der Waals surface area contributed by atoms with E-state index in [9.17, 15) is 18.0 Å². The van der Waals surface area contributed by atoms with Crippen LogP contribution in [0.1, 0.15) is 6.42 Å². The third kappa shape index (κ3) is 2.69. The summed E-state index contributed by atoms with van der Waals surface area (Å²) in [6, 6.07) is 0. The first-order chi connectivity index (χ1) is 5.91. The highest BCUT2D eigenvalue weighted by molar-refractivity contribution is 9.09. The van der Waals surface area contributed by atoms with E-state index < -0.39 is 11.0 Å². The van der Waals surface area contributed by atoms with Crippen LogP contribution in [-0.4, -0.2) is 16.8 Å². The second kappa shape index (κ2) is 3.65. The Labute approximate surface area is 81.4 Å². The molecule has 1 unspecified atom stereocenters. The van der Waals surface area contributed by atoms with E-state index in [1.165, 1.54) is 12.2 Å². The van der Waals surface area contributed by atoms with Gasteiger partial charge in [-0.1, -0.05) is 28.1 Å². The molecule has 0 saturated carbocycles. The van der Waals surface area contributed by atoms with E-state index in [-0.39, 0.29) is 17.8 Å². The minimum absolute atomic E-state index is 0.0456. The fourth-order valence-corrected chi connectivity index (χ4v) is 1.26. The van der Waals surface area contributed by atoms with Crippen LogP contribution in [0, 0.1) is 0 Å². The standard InChI is InChI=1S/C8H6BrF3O/c9-7(8(10,11)12)5-1-3-6(13)4-2-5/h1-3,7H,4H2. The molecular weight excluding hydrogens is 249 g/mol. The summed E-state index contributed by atoms with van der Waals surface area (Å²) in [5.41, 5.74) is 0.0899. The van der Waals surface area contributed by atoms with Crippen LogP contribution in [0.2, 0.25) is 0 Å². The van der Waals surface area contributed by atoms with Crippen molar-refractivity contribution in [2.24, 2.45) is 0 Å². The molecular formula is C8H6BrF3O. The van der Waals surface area contributed by atoms with Crippen molar-refractivity contribution in [2.75, 3.05) is 0 Å². The molecule has 72 valence electrons. The van der Waals surface area contributed by atoms with Crippen LogP contribution in [0.25, 0.3) is 0 Å². The first-order valence-electron chi connectivity index (χ1n) is 3.53. The second-order valence-electron chi connectivity index (χ2n) is 2.61. The SMILES string of the molecule is O=C1C=CC(C(Br)C(F)(F)F)=CC1. The predicted molar refractivity (Wildman–Crippen MR) is 45.6 cm³/mol. The minimum Gasteiger partial charge on any atom is -0.295 e. The highest BCUT2D eigenvalue weighted by Gasteiger charge is 2.39. The van der Waals surface area contributed by atoms with Crippen molar-refractivity contribution in [1.29, 1.82) is 0 Å². The van der Waals surface area contributed by atoms with Gasteiger partial charge in [0.15, 0.2) is 5.78 Å². The Morgan fingerprint density at radius 2 is 2.00 bits per heavy atom. The number of rotatable bonds is 1. The van der Waals surface area contributed by atoms with Crippen molar-refractivity contribution in [3.05, 3.63) is 23.8 Å². The highest BCUT2D eigenvalue weighted by atomic mass is 79.9. The van der Waals surface area contributed by atoms with Crippen molar-refractivity contribution >= 4 is 21.7 Å². The highest BCUT2D eigenvalue weighted by Crippen LogP contribution is 2.33. The molecule has 1 rings (SSSR count). The van der Waals surface area contributed by atoms with Gasteiger partial charge in [-0.25, -0.2) is 0 Å². The molecule has 0 saturated heterocycles. The van der Waals surface area contributed by atoms with Gasteiger partial charge >= 0.3 is 6.18 Å². The summed E-state index contributed by atoms with van der Waals surface area (Å²) in [4.78, 5) is 8.98. The van der Waals surface area contributed by atoms with Crippen molar-refractivity contribution < 1.29 is 18.0 Å². The fraction of sp³-hybridized carbons (Fsp3) is 0.375. The Hall–Kier alpha value is -0.580. The molecule has 0 aromatic carbocycles. The second-order valence-corrected chi connectivity index (χ2v) is 3.53. The molecule has 1 aliphatic rings. The molecule has 0 aromatic rings. The van der Waals surface area contributed by atoms with Crippen LogP contribution in [0.4, 0.5) is 13.2 Å². The summed E-state index contributed by atoms with van der Waals surface area (Å²) in [5.74, 6) is -0.175. The Morgan fingerprint density at radius 3 is 2.38 bits per heavy atom. The van der Waals surface area contributed by atoms with E-state index in [1.807, 2.05) is 0 Å². The number of ketones is 1. The van der Waals surface area contributed by atoms with Gasteiger partial charge in [-0.05, 0) is 11.6 Å². The number of hydrogen-bond acceptors (Lipinski definition) is 1. The molecule has 0 N–H and O–H groups in total. The van der Waals surface area contributed by atoms with Gasteiger partial charge in [-0.2, -0.15) is 13.2 Å². The lowest BCUT2D eigenvalue weighted by Crippen LogP contribution is -2.25. The monoisotopic (exact) mass is 254 g/mol. The van der Waals surface area contributed by atoms with Crippen LogP contribution in [0.15, 0.2) is 23.8 Å². The summed E-state index contributed by atoms with van der Waals surface area (Å²) >= 11 is 2.52. The van der Waals surface area contributed by atoms with E-state index in [0.29, 0.717) is 0 Å². The summed E-state index contributed by atoms with van der Waals surface area (Å²) < 4.78 is 36.4. The Kier molecular flexibility index (Phi) is 2.95. The smallest absolute Gasteiger partial charge is 0.295 e. The van der Waals surface area contributed by atoms with Gasteiger partial charge in [0, 0.05) is 6.42 Å². The third-order valence-electron chi connectivity index (χ3n) is 1.58. The first kappa shape index (κ1) is 10.5. The first-order valence-corrected chi connectivity index (χ1v) is 4.44. The van der Waals surface area contributed by atoms with Crippen LogP contribution in [0.5, 0.6) is 0 Å². The van der Waals surface area contributed by atoms with E-state index >= 15 is 0 Å². The Bertz CT molecular complexity index is 278. The van der Waals surface area contributed by atoms with Crippen molar-refractivity contribution in [2.45, 2.75) is 17.4 Å². The number of alkyl halides is 4. The number of allylic oxidation sites excluding steroid dienone is 4. The Balaban J connectivity index is 2.75. The maximum absolute atomic E-state index is 12.1. The van der Waals surface area contributed by atoms with Crippen molar-refractivity contribution in [1.82, 2.24) is 0 Å². The molecule has 13 heavy (non-hydrogen) atoms. The quantitative estimate of drug-likeness (QED) is 0.658. The maximum Gasteiger partial charge on any atom is 0.405 e. The molecule has 0 amide bonds. The van der Waals surface area contributed by atoms with Gasteiger partial charge in [0.1, 0.15) is 4.83 Å². The zero-order chi connectivity index (χ0) is 10.1. The molecule has 0 spiro atoms. The predicted octanol–water partition coefficient (Wildman–Crippen LogP) is 2.77. The lowest BCUT2D eigenvalue weighted by molar-refractivity contribution is -0.120. The van der Waals surface area contributed by atoms with Gasteiger partial charge in [-0.15, -0.1) is 0 Å². The molecule has 0 aromatic heterocycles. The summed E-state index contributed by atoms with van der Waals surface area (Å²) in [6.07, 6.45) is -0.621. The fourth-order valence-electron chi connectivity index (χ4n) is 0.921. The molecule has 0 heterocycles. The lowest BCUT2D eigenvalue weighted by Gasteiger charge is -2.16. The molecule has 0 fully saturated rings. The van der Waals surface area contributed by atoms with Crippen molar-refractivity contribution in [3.63, 3.8) is 0 Å². The van der Waals surface area contributed by atoms with E-state index in [2.05, 4.69) is 15.9 Å². The largest absolute Gasteiger partial charge is 0.405 e. The number of carbonyl (C=O) groups excluding carboxylic acids is 1. The molecule has 0 radical (unpaired) electrons. The van der Waals surface area contributed by atoms with Gasteiger partial charge in [0.2, 0.25) is 0 Å². The summed E-state index contributed by atoms with van der Waals surface area (Å²) in [6.45, 7) is 0. The molecule has 5 heteroatoms. The van der Waals surface area contributed by atoms with Crippen LogP contribution < -0.4 is 0 Å². The minimum atomic E-state index is -4.31. The number of carbonyl (C=O) groups is 1. The zero-order valence-corrected chi connectivity index (χ0v) is 8.02. The van der Waals surface area contributed by atoms with Gasteiger partial charge < -0.3 is 0 Å². The average Bonchev–Trinajstić information content (AvgIpc) is 2.03. The van der Waals surface area contributed by atoms with E-state index in [4.69, 9.17) is 0 Å². The number of halogens is 4. The maximum atomic E-state index is 12.1. The van der Waals surface area contributed by atoms with Crippen LogP contribution in [-0.2, 0) is 4.79 Å².